The van der Waals surface area contributed by atoms with Crippen LogP contribution in [0.25, 0.3) is 0 Å². The minimum absolute atomic E-state index is 0.0508. The molecule has 3 unspecified atom stereocenters. The molecule has 44 heavy (non-hydrogen) atoms. The van der Waals surface area contributed by atoms with Crippen molar-refractivity contribution in [2.75, 3.05) is 30.3 Å². The lowest BCUT2D eigenvalue weighted by Crippen LogP contribution is -2.47. The molecule has 7 heteroatoms. The fraction of sp³-hybridized carbons (Fsp3) is 0.649. The molecule has 0 radical (unpaired) electrons. The van der Waals surface area contributed by atoms with Gasteiger partial charge in [-0.15, -0.1) is 0 Å². The van der Waals surface area contributed by atoms with Gasteiger partial charge in [0.2, 0.25) is 0 Å². The average Bonchev–Trinajstić information content (AvgIpc) is 3.11. The van der Waals surface area contributed by atoms with Crippen LogP contribution < -0.4 is 14.4 Å². The molecule has 0 aromatic heterocycles. The van der Waals surface area contributed by atoms with Crippen molar-refractivity contribution in [2.24, 2.45) is 17.8 Å². The van der Waals surface area contributed by atoms with Gasteiger partial charge in [-0.25, -0.2) is 0 Å². The monoisotopic (exact) mass is 644 g/mol. The van der Waals surface area contributed by atoms with E-state index in [4.69, 9.17) is 16.3 Å². The normalized spacial score (nSPS) is 23.5. The van der Waals surface area contributed by atoms with Crippen molar-refractivity contribution in [1.82, 2.24) is 4.72 Å². The Hall–Kier alpha value is -2.05. The highest BCUT2D eigenvalue weighted by Gasteiger charge is 2.40. The Morgan fingerprint density at radius 2 is 1.86 bits per heavy atom. The number of nitrogens with zero attached hydrogens (tertiary/aromatic N) is 1. The lowest BCUT2D eigenvalue weighted by Gasteiger charge is -2.45. The highest BCUT2D eigenvalue weighted by molar-refractivity contribution is 8.02. The third kappa shape index (κ3) is 7.66. The third-order valence-electron chi connectivity index (χ3n) is 10.4. The largest absolute Gasteiger partial charge is 0.490 e. The fourth-order valence-corrected chi connectivity index (χ4v) is 10.2. The first kappa shape index (κ1) is 34.8. The molecular weight excluding hydrogens is 588 g/mol. The minimum atomic E-state index is -2.86. The van der Waals surface area contributed by atoms with Crippen LogP contribution in [-0.4, -0.2) is 40.8 Å². The number of carbonyl (C=O) groups excluding carboxylic acids is 1. The Bertz CT molecular complexity index is 1330. The van der Waals surface area contributed by atoms with Crippen molar-refractivity contribution in [3.63, 3.8) is 0 Å². The van der Waals surface area contributed by atoms with Crippen LogP contribution in [-0.2, 0) is 22.0 Å². The van der Waals surface area contributed by atoms with Gasteiger partial charge >= 0.3 is 0 Å². The second kappa shape index (κ2) is 15.0. The summed E-state index contributed by atoms with van der Waals surface area (Å²) in [6.45, 7) is 17.5. The smallest absolute Gasteiger partial charge is 0.261 e. The number of halogens is 1. The summed E-state index contributed by atoms with van der Waals surface area (Å²) in [7, 11) is -2.86. The number of nitrogens with one attached hydrogen (secondary N) is 1. The van der Waals surface area contributed by atoms with Gasteiger partial charge in [0.1, 0.15) is 5.75 Å². The van der Waals surface area contributed by atoms with Crippen molar-refractivity contribution in [3.8, 4) is 5.75 Å². The lowest BCUT2D eigenvalue weighted by molar-refractivity contribution is 0.0981. The molecule has 5 nitrogen and oxygen atoms in total. The van der Waals surface area contributed by atoms with Crippen LogP contribution in [0.15, 0.2) is 36.4 Å². The van der Waals surface area contributed by atoms with Gasteiger partial charge in [-0.1, -0.05) is 85.4 Å². The molecule has 2 aromatic carbocycles. The molecule has 1 saturated carbocycles. The van der Waals surface area contributed by atoms with E-state index in [1.807, 2.05) is 45.0 Å². The molecule has 2 aliphatic rings. The fourth-order valence-electron chi connectivity index (χ4n) is 7.54. The molecular formula is C37H57ClN2O3S. The zero-order valence-electron chi connectivity index (χ0n) is 28.3. The zero-order chi connectivity index (χ0) is 32.1. The summed E-state index contributed by atoms with van der Waals surface area (Å²) in [5.41, 5.74) is 3.82. The van der Waals surface area contributed by atoms with Crippen LogP contribution in [0.3, 0.4) is 0 Å². The molecule has 1 aliphatic carbocycles. The molecule has 4 rings (SSSR count). The molecule has 5 atom stereocenters. The molecule has 1 N–H and O–H groups in total. The Kier molecular flexibility index (Phi) is 11.9. The Labute approximate surface area is 273 Å². The molecule has 1 heterocycles. The molecule has 0 saturated heterocycles. The number of aryl methyl sites for hydroxylation is 1. The van der Waals surface area contributed by atoms with Crippen LogP contribution in [0.1, 0.15) is 115 Å². The molecule has 1 aliphatic heterocycles. The summed E-state index contributed by atoms with van der Waals surface area (Å²) in [6.07, 6.45) is 8.57. The van der Waals surface area contributed by atoms with Crippen molar-refractivity contribution >= 4 is 33.3 Å². The maximum absolute atomic E-state index is 13.9. The van der Waals surface area contributed by atoms with E-state index in [1.54, 1.807) is 0 Å². The van der Waals surface area contributed by atoms with Crippen LogP contribution in [0.4, 0.5) is 5.69 Å². The van der Waals surface area contributed by atoms with E-state index in [0.29, 0.717) is 29.8 Å². The van der Waals surface area contributed by atoms with E-state index >= 15 is 0 Å². The van der Waals surface area contributed by atoms with Gasteiger partial charge in [-0.2, -0.15) is 0 Å². The number of carbonyl (C=O) groups is 1. The molecule has 246 valence electrons. The van der Waals surface area contributed by atoms with Gasteiger partial charge < -0.3 is 9.64 Å². The van der Waals surface area contributed by atoms with Crippen LogP contribution in [0.5, 0.6) is 5.75 Å². The Morgan fingerprint density at radius 3 is 2.50 bits per heavy atom. The van der Waals surface area contributed by atoms with Crippen molar-refractivity contribution < 1.29 is 13.7 Å². The number of hydrogen-bond acceptors (Lipinski definition) is 4. The van der Waals surface area contributed by atoms with Gasteiger partial charge in [0.25, 0.3) is 5.91 Å². The quantitative estimate of drug-likeness (QED) is 0.202. The SMILES string of the molecule is CCCc1cc(Cl)ccc1[C@]1(C)COc2ccc(C(=O)N[SH](=O)(CCC)[C@H](C)CC)cc2N(CC2CCC2C(C)CCC)C1. The first-order valence-corrected chi connectivity index (χ1v) is 19.5. The summed E-state index contributed by atoms with van der Waals surface area (Å²) >= 11 is 6.48. The van der Waals surface area contributed by atoms with E-state index in [0.717, 1.165) is 61.2 Å². The van der Waals surface area contributed by atoms with E-state index in [1.165, 1.54) is 36.8 Å². The van der Waals surface area contributed by atoms with Crippen molar-refractivity contribution in [2.45, 2.75) is 110 Å². The van der Waals surface area contributed by atoms with Crippen LogP contribution in [0, 0.1) is 17.8 Å². The van der Waals surface area contributed by atoms with Crippen LogP contribution in [0.2, 0.25) is 5.02 Å². The standard InChI is InChI=1S/C37H57ClN2O3S/c1-8-12-26(5)32-17-14-30(32)23-40-24-37(7,33-18-16-31(38)21-28(33)13-9-2)25-43-35-19-15-29(22-34(35)40)36(41)39-44(42,20-10-3)27(6)11-4/h15-16,18-19,21-22,26-27,30,32,44H,8-14,17,20,23-25H2,1-7H3,(H,39,41,42)/t26?,27-,30?,32?,37+/m1/s1. The summed E-state index contributed by atoms with van der Waals surface area (Å²) in [5, 5.41) is 0.719. The molecule has 1 fully saturated rings. The predicted molar refractivity (Wildman–Crippen MR) is 189 cm³/mol. The second-order valence-electron chi connectivity index (χ2n) is 13.9. The summed E-state index contributed by atoms with van der Waals surface area (Å²) in [5.74, 6) is 3.13. The van der Waals surface area contributed by atoms with Crippen molar-refractivity contribution in [3.05, 3.63) is 58.1 Å². The second-order valence-corrected chi connectivity index (χ2v) is 17.5. The Morgan fingerprint density at radius 1 is 1.09 bits per heavy atom. The topological polar surface area (TPSA) is 58.6 Å². The van der Waals surface area contributed by atoms with E-state index < -0.39 is 10.1 Å². The van der Waals surface area contributed by atoms with Crippen molar-refractivity contribution in [1.29, 1.82) is 0 Å². The number of thiol groups is 1. The van der Waals surface area contributed by atoms with Gasteiger partial charge in [0.15, 0.2) is 0 Å². The number of hydrogen-bond donors (Lipinski definition) is 2. The first-order chi connectivity index (χ1) is 21.0. The number of fused-ring (bicyclic) bond motifs is 1. The summed E-state index contributed by atoms with van der Waals surface area (Å²) in [6, 6.07) is 12.1. The minimum Gasteiger partial charge on any atom is -0.490 e. The van der Waals surface area contributed by atoms with E-state index in [9.17, 15) is 9.00 Å². The summed E-state index contributed by atoms with van der Waals surface area (Å²) < 4.78 is 23.5. The molecule has 2 aromatic rings. The molecule has 0 spiro atoms. The van der Waals surface area contributed by atoms with Gasteiger partial charge in [0, 0.05) is 40.1 Å². The zero-order valence-corrected chi connectivity index (χ0v) is 29.9. The lowest BCUT2D eigenvalue weighted by atomic mass is 9.66. The first-order valence-electron chi connectivity index (χ1n) is 17.2. The maximum Gasteiger partial charge on any atom is 0.261 e. The molecule has 1 amide bonds. The Balaban J connectivity index is 1.72. The van der Waals surface area contributed by atoms with E-state index in [-0.39, 0.29) is 16.6 Å². The van der Waals surface area contributed by atoms with Gasteiger partial charge in [-0.3, -0.25) is 13.7 Å². The number of amides is 1. The number of benzene rings is 2. The average molecular weight is 645 g/mol. The summed E-state index contributed by atoms with van der Waals surface area (Å²) in [4.78, 5) is 16.2. The highest BCUT2D eigenvalue weighted by Crippen LogP contribution is 2.45. The maximum atomic E-state index is 13.9. The predicted octanol–water partition coefficient (Wildman–Crippen LogP) is 8.78. The van der Waals surface area contributed by atoms with Crippen LogP contribution >= 0.6 is 11.6 Å². The van der Waals surface area contributed by atoms with Gasteiger partial charge in [0.05, 0.1) is 12.3 Å². The number of rotatable bonds is 14. The van der Waals surface area contributed by atoms with Gasteiger partial charge in [-0.05, 0) is 101 Å². The number of ether oxygens (including phenoxy) is 1. The number of anilines is 1. The van der Waals surface area contributed by atoms with E-state index in [2.05, 4.69) is 49.4 Å². The molecule has 0 bridgehead atoms. The third-order valence-corrected chi connectivity index (χ3v) is 14.2. The highest BCUT2D eigenvalue weighted by atomic mass is 35.5.